The fourth-order valence-electron chi connectivity index (χ4n) is 6.68. The predicted octanol–water partition coefficient (Wildman–Crippen LogP) is 2.45. The Balaban J connectivity index is 1.13. The number of hydrogen-bond acceptors (Lipinski definition) is 6. The van der Waals surface area contributed by atoms with Crippen LogP contribution in [0.2, 0.25) is 0 Å². The Morgan fingerprint density at radius 1 is 1.16 bits per heavy atom. The van der Waals surface area contributed by atoms with E-state index in [2.05, 4.69) is 25.6 Å². The molecule has 0 spiro atoms. The zero-order valence-electron chi connectivity index (χ0n) is 17.9. The van der Waals surface area contributed by atoms with Gasteiger partial charge in [-0.05, 0) is 56.3 Å². The van der Waals surface area contributed by atoms with Gasteiger partial charge in [0.05, 0.1) is 5.69 Å². The maximum absolute atomic E-state index is 12.5. The minimum atomic E-state index is -0.517. The number of carbonyl (C=O) groups is 1. The first-order chi connectivity index (χ1) is 15.4. The molecule has 0 aliphatic heterocycles. The van der Waals surface area contributed by atoms with Crippen molar-refractivity contribution in [1.29, 1.82) is 0 Å². The van der Waals surface area contributed by atoms with E-state index in [1.807, 2.05) is 0 Å². The number of aromatic nitrogens is 5. The van der Waals surface area contributed by atoms with Crippen molar-refractivity contribution in [2.24, 2.45) is 24.8 Å². The molecule has 4 aliphatic rings. The van der Waals surface area contributed by atoms with Crippen LogP contribution in [-0.4, -0.2) is 30.4 Å². The standard InChI is InChI=1S/C22H26N6O3S/c1-28-18-17(19(30)27-21(28)31)24-15(25-18)2-3-16(29)26-20-23-14(10-32-20)22-7-11-4-12(8-22)6-13(5-11)9-22/h10-13H,2-9H2,1H3,(H,24,25)(H,23,26,29)(H,27,30,31). The van der Waals surface area contributed by atoms with Gasteiger partial charge in [0.15, 0.2) is 10.8 Å². The Morgan fingerprint density at radius 2 is 1.84 bits per heavy atom. The first-order valence-corrected chi connectivity index (χ1v) is 12.2. The largest absolute Gasteiger partial charge is 0.336 e. The van der Waals surface area contributed by atoms with Crippen LogP contribution in [0.25, 0.3) is 11.2 Å². The number of amides is 1. The van der Waals surface area contributed by atoms with Crippen LogP contribution in [0.3, 0.4) is 0 Å². The monoisotopic (exact) mass is 454 g/mol. The molecule has 9 nitrogen and oxygen atoms in total. The predicted molar refractivity (Wildman–Crippen MR) is 121 cm³/mol. The molecule has 3 N–H and O–H groups in total. The average molecular weight is 455 g/mol. The minimum Gasteiger partial charge on any atom is -0.336 e. The van der Waals surface area contributed by atoms with Gasteiger partial charge < -0.3 is 10.3 Å². The van der Waals surface area contributed by atoms with Crippen molar-refractivity contribution in [1.82, 2.24) is 24.5 Å². The van der Waals surface area contributed by atoms with Gasteiger partial charge in [0.2, 0.25) is 5.91 Å². The lowest BCUT2D eigenvalue weighted by Gasteiger charge is -2.56. The Morgan fingerprint density at radius 3 is 2.53 bits per heavy atom. The van der Waals surface area contributed by atoms with Gasteiger partial charge in [0, 0.05) is 30.7 Å². The third kappa shape index (κ3) is 3.23. The highest BCUT2D eigenvalue weighted by atomic mass is 32.1. The quantitative estimate of drug-likeness (QED) is 0.546. The first-order valence-electron chi connectivity index (χ1n) is 11.3. The van der Waals surface area contributed by atoms with E-state index in [1.165, 1.54) is 60.1 Å². The number of hydrogen-bond donors (Lipinski definition) is 3. The third-order valence-corrected chi connectivity index (χ3v) is 8.48. The van der Waals surface area contributed by atoms with E-state index in [1.54, 1.807) is 7.05 Å². The smallest absolute Gasteiger partial charge is 0.329 e. The average Bonchev–Trinajstić information content (AvgIpc) is 3.38. The van der Waals surface area contributed by atoms with Crippen LogP contribution in [0.4, 0.5) is 5.13 Å². The number of thiazole rings is 1. The Hall–Kier alpha value is -2.75. The Bertz CT molecular complexity index is 1300. The molecule has 0 atom stereocenters. The highest BCUT2D eigenvalue weighted by molar-refractivity contribution is 7.13. The van der Waals surface area contributed by atoms with Crippen LogP contribution in [0.5, 0.6) is 0 Å². The van der Waals surface area contributed by atoms with Crippen molar-refractivity contribution in [2.45, 2.75) is 56.8 Å². The number of aromatic amines is 2. The van der Waals surface area contributed by atoms with Crippen LogP contribution in [-0.2, 0) is 23.7 Å². The van der Waals surface area contributed by atoms with Crippen molar-refractivity contribution in [3.8, 4) is 0 Å². The lowest BCUT2D eigenvalue weighted by atomic mass is 9.49. The fraction of sp³-hybridized carbons (Fsp3) is 0.591. The van der Waals surface area contributed by atoms with Gasteiger partial charge in [0.1, 0.15) is 11.3 Å². The zero-order chi connectivity index (χ0) is 22.0. The molecule has 32 heavy (non-hydrogen) atoms. The summed E-state index contributed by atoms with van der Waals surface area (Å²) >= 11 is 1.51. The number of nitrogens with zero attached hydrogens (tertiary/aromatic N) is 3. The molecular formula is C22H26N6O3S. The van der Waals surface area contributed by atoms with Gasteiger partial charge >= 0.3 is 5.69 Å². The summed E-state index contributed by atoms with van der Waals surface area (Å²) in [5, 5.41) is 5.74. The third-order valence-electron chi connectivity index (χ3n) is 7.72. The van der Waals surface area contributed by atoms with E-state index in [0.29, 0.717) is 17.4 Å². The molecule has 0 radical (unpaired) electrons. The molecule has 4 saturated carbocycles. The fourth-order valence-corrected chi connectivity index (χ4v) is 7.53. The van der Waals surface area contributed by atoms with Crippen molar-refractivity contribution in [2.75, 3.05) is 5.32 Å². The SMILES string of the molecule is Cn1c(=O)[nH]c(=O)c2[nH]c(CCC(=O)Nc3nc(C45CC6CC(CC(C6)C4)C5)cs3)nc21. The minimum absolute atomic E-state index is 0.139. The van der Waals surface area contributed by atoms with Gasteiger partial charge in [-0.15, -0.1) is 11.3 Å². The summed E-state index contributed by atoms with van der Waals surface area (Å²) in [6.07, 6.45) is 8.50. The number of carbonyl (C=O) groups excluding carboxylic acids is 1. The molecule has 3 heterocycles. The number of aryl methyl sites for hydroxylation is 2. The first kappa shape index (κ1) is 19.9. The van der Waals surface area contributed by atoms with Crippen LogP contribution < -0.4 is 16.6 Å². The van der Waals surface area contributed by atoms with Crippen LogP contribution in [0.15, 0.2) is 15.0 Å². The Labute approximate surface area is 187 Å². The van der Waals surface area contributed by atoms with E-state index >= 15 is 0 Å². The van der Waals surface area contributed by atoms with Crippen molar-refractivity contribution in [3.63, 3.8) is 0 Å². The van der Waals surface area contributed by atoms with Gasteiger partial charge in [-0.2, -0.15) is 0 Å². The van der Waals surface area contributed by atoms with E-state index in [9.17, 15) is 14.4 Å². The molecule has 4 bridgehead atoms. The molecule has 0 unspecified atom stereocenters. The summed E-state index contributed by atoms with van der Waals surface area (Å²) in [4.78, 5) is 50.5. The van der Waals surface area contributed by atoms with Crippen molar-refractivity contribution in [3.05, 3.63) is 37.7 Å². The number of H-pyrrole nitrogens is 2. The van der Waals surface area contributed by atoms with Crippen molar-refractivity contribution < 1.29 is 4.79 Å². The second-order valence-corrected chi connectivity index (χ2v) is 10.8. The van der Waals surface area contributed by atoms with Crippen LogP contribution >= 0.6 is 11.3 Å². The summed E-state index contributed by atoms with van der Waals surface area (Å²) in [6, 6.07) is 0. The highest BCUT2D eigenvalue weighted by Crippen LogP contribution is 2.60. The summed E-state index contributed by atoms with van der Waals surface area (Å²) < 4.78 is 1.28. The zero-order valence-corrected chi connectivity index (χ0v) is 18.8. The normalized spacial score (nSPS) is 28.5. The van der Waals surface area contributed by atoms with Gasteiger partial charge in [-0.25, -0.2) is 14.8 Å². The van der Waals surface area contributed by atoms with Gasteiger partial charge in [0.25, 0.3) is 5.56 Å². The number of imidazole rings is 1. The van der Waals surface area contributed by atoms with E-state index < -0.39 is 11.2 Å². The Kier molecular flexibility index (Phi) is 4.43. The molecule has 168 valence electrons. The molecule has 3 aromatic heterocycles. The number of nitrogens with one attached hydrogen (secondary N) is 3. The molecule has 4 fully saturated rings. The van der Waals surface area contributed by atoms with Crippen LogP contribution in [0, 0.1) is 17.8 Å². The molecule has 10 heteroatoms. The lowest BCUT2D eigenvalue weighted by molar-refractivity contribution is -0.116. The summed E-state index contributed by atoms with van der Waals surface area (Å²) in [5.41, 5.74) is 0.903. The molecule has 7 rings (SSSR count). The molecule has 0 aromatic carbocycles. The van der Waals surface area contributed by atoms with E-state index in [-0.39, 0.29) is 28.9 Å². The summed E-state index contributed by atoms with van der Waals surface area (Å²) in [5.74, 6) is 2.93. The van der Waals surface area contributed by atoms with Crippen LogP contribution in [0.1, 0.15) is 56.5 Å². The second kappa shape index (κ2) is 7.13. The van der Waals surface area contributed by atoms with E-state index in [0.717, 1.165) is 17.8 Å². The van der Waals surface area contributed by atoms with E-state index in [4.69, 9.17) is 4.98 Å². The lowest BCUT2D eigenvalue weighted by Crippen LogP contribution is -2.48. The highest BCUT2D eigenvalue weighted by Gasteiger charge is 2.52. The topological polar surface area (TPSA) is 126 Å². The van der Waals surface area contributed by atoms with Crippen molar-refractivity contribution >= 4 is 33.5 Å². The van der Waals surface area contributed by atoms with Gasteiger partial charge in [-0.1, -0.05) is 0 Å². The number of rotatable bonds is 5. The molecule has 4 aliphatic carbocycles. The van der Waals surface area contributed by atoms with Gasteiger partial charge in [-0.3, -0.25) is 19.1 Å². The molecule has 1 amide bonds. The molecule has 3 aromatic rings. The molecular weight excluding hydrogens is 428 g/mol. The summed E-state index contributed by atoms with van der Waals surface area (Å²) in [6.45, 7) is 0. The number of fused-ring (bicyclic) bond motifs is 1. The number of anilines is 1. The maximum atomic E-state index is 12.5. The maximum Gasteiger partial charge on any atom is 0.329 e. The summed E-state index contributed by atoms with van der Waals surface area (Å²) in [7, 11) is 1.54. The molecule has 0 saturated heterocycles. The second-order valence-electron chi connectivity index (χ2n) is 9.98.